The van der Waals surface area contributed by atoms with Crippen molar-refractivity contribution < 1.29 is 0 Å². The number of rotatable bonds is 2. The lowest BCUT2D eigenvalue weighted by atomic mass is 10.0. The molecule has 4 nitrogen and oxygen atoms in total. The molecule has 1 saturated heterocycles. The molecule has 0 aliphatic carbocycles. The van der Waals surface area contributed by atoms with Gasteiger partial charge in [0.15, 0.2) is 0 Å². The van der Waals surface area contributed by atoms with Crippen LogP contribution < -0.4 is 9.80 Å². The van der Waals surface area contributed by atoms with Gasteiger partial charge in [0.05, 0.1) is 0 Å². The highest BCUT2D eigenvalue weighted by Gasteiger charge is 2.20. The van der Waals surface area contributed by atoms with E-state index in [0.29, 0.717) is 0 Å². The topological polar surface area (TPSA) is 32.3 Å². The molecule has 0 atom stereocenters. The predicted molar refractivity (Wildman–Crippen MR) is 89.9 cm³/mol. The van der Waals surface area contributed by atoms with Gasteiger partial charge in [-0.2, -0.15) is 0 Å². The average molecular weight is 294 g/mol. The van der Waals surface area contributed by atoms with E-state index >= 15 is 0 Å². The van der Waals surface area contributed by atoms with Crippen molar-refractivity contribution in [1.29, 1.82) is 0 Å². The largest absolute Gasteiger partial charge is 0.356 e. The first-order valence-electron chi connectivity index (χ1n) is 8.34. The summed E-state index contributed by atoms with van der Waals surface area (Å²) in [5, 5.41) is 0. The van der Waals surface area contributed by atoms with Crippen molar-refractivity contribution in [2.75, 3.05) is 29.4 Å². The maximum Gasteiger partial charge on any atom is 0.138 e. The molecule has 4 rings (SSSR count). The van der Waals surface area contributed by atoms with Crippen LogP contribution in [0.4, 0.5) is 17.3 Å². The molecule has 0 amide bonds. The molecule has 1 aromatic heterocycles. The van der Waals surface area contributed by atoms with Gasteiger partial charge < -0.3 is 9.80 Å². The highest BCUT2D eigenvalue weighted by molar-refractivity contribution is 5.67. The summed E-state index contributed by atoms with van der Waals surface area (Å²) in [5.41, 5.74) is 2.73. The van der Waals surface area contributed by atoms with Crippen molar-refractivity contribution in [3.8, 4) is 0 Å². The zero-order chi connectivity index (χ0) is 14.8. The summed E-state index contributed by atoms with van der Waals surface area (Å²) in [5.74, 6) is 2.11. The Morgan fingerprint density at radius 2 is 1.64 bits per heavy atom. The predicted octanol–water partition coefficient (Wildman–Crippen LogP) is 3.55. The molecule has 0 unspecified atom stereocenters. The molecule has 22 heavy (non-hydrogen) atoms. The quantitative estimate of drug-likeness (QED) is 0.848. The molecule has 0 radical (unpaired) electrons. The summed E-state index contributed by atoms with van der Waals surface area (Å²) in [6.07, 6.45) is 7.94. The minimum atomic E-state index is 1.03. The van der Waals surface area contributed by atoms with E-state index in [9.17, 15) is 0 Å². The van der Waals surface area contributed by atoms with Crippen LogP contribution in [0.2, 0.25) is 0 Å². The number of benzene rings is 1. The van der Waals surface area contributed by atoms with E-state index in [0.717, 1.165) is 37.7 Å². The minimum Gasteiger partial charge on any atom is -0.356 e. The van der Waals surface area contributed by atoms with Crippen LogP contribution in [0.25, 0.3) is 0 Å². The number of hydrogen-bond donors (Lipinski definition) is 0. The second kappa shape index (κ2) is 5.95. The van der Waals surface area contributed by atoms with E-state index in [1.165, 1.54) is 36.9 Å². The molecule has 114 valence electrons. The molecule has 0 N–H and O–H groups in total. The number of nitrogens with zero attached hydrogens (tertiary/aromatic N) is 4. The second-order valence-electron chi connectivity index (χ2n) is 6.17. The van der Waals surface area contributed by atoms with Gasteiger partial charge in [-0.15, -0.1) is 0 Å². The van der Waals surface area contributed by atoms with E-state index in [2.05, 4.69) is 50.1 Å². The maximum atomic E-state index is 4.54. The molecular weight excluding hydrogens is 272 g/mol. The minimum absolute atomic E-state index is 1.03. The lowest BCUT2D eigenvalue weighted by Gasteiger charge is -2.32. The van der Waals surface area contributed by atoms with E-state index in [4.69, 9.17) is 0 Å². The molecule has 2 aromatic rings. The summed E-state index contributed by atoms with van der Waals surface area (Å²) < 4.78 is 0. The van der Waals surface area contributed by atoms with Gasteiger partial charge in [0.2, 0.25) is 0 Å². The van der Waals surface area contributed by atoms with Crippen molar-refractivity contribution in [3.63, 3.8) is 0 Å². The summed E-state index contributed by atoms with van der Waals surface area (Å²) in [4.78, 5) is 13.8. The highest BCUT2D eigenvalue weighted by atomic mass is 15.2. The van der Waals surface area contributed by atoms with E-state index < -0.39 is 0 Å². The number of para-hydroxylation sites is 1. The highest BCUT2D eigenvalue weighted by Crippen LogP contribution is 2.33. The van der Waals surface area contributed by atoms with Gasteiger partial charge in [0.1, 0.15) is 18.0 Å². The number of aromatic nitrogens is 2. The lowest BCUT2D eigenvalue weighted by Crippen LogP contribution is -2.31. The Labute approximate surface area is 131 Å². The molecule has 0 bridgehead atoms. The number of anilines is 3. The van der Waals surface area contributed by atoms with Crippen LogP contribution in [0.15, 0.2) is 36.7 Å². The van der Waals surface area contributed by atoms with E-state index in [1.807, 2.05) is 0 Å². The fourth-order valence-corrected chi connectivity index (χ4v) is 3.55. The first-order valence-corrected chi connectivity index (χ1v) is 8.34. The lowest BCUT2D eigenvalue weighted by molar-refractivity contribution is 0.573. The van der Waals surface area contributed by atoms with Gasteiger partial charge in [0.25, 0.3) is 0 Å². The normalized spacial score (nSPS) is 18.2. The first-order chi connectivity index (χ1) is 10.9. The van der Waals surface area contributed by atoms with Gasteiger partial charge in [-0.05, 0) is 43.7 Å². The standard InChI is InChI=1S/C18H22N4/c1-4-10-21(11-5-1)17-13-18(20-14-19-17)22-12-6-8-15-7-2-3-9-16(15)22/h2-3,7,9,13-14H,1,4-6,8,10-12H2. The van der Waals surface area contributed by atoms with Crippen molar-refractivity contribution >= 4 is 17.3 Å². The molecule has 0 spiro atoms. The molecule has 2 aliphatic rings. The summed E-state index contributed by atoms with van der Waals surface area (Å²) >= 11 is 0. The van der Waals surface area contributed by atoms with Gasteiger partial charge in [-0.1, -0.05) is 18.2 Å². The summed E-state index contributed by atoms with van der Waals surface area (Å²) in [6, 6.07) is 10.8. The maximum absolute atomic E-state index is 4.54. The van der Waals surface area contributed by atoms with Gasteiger partial charge in [-0.25, -0.2) is 9.97 Å². The van der Waals surface area contributed by atoms with Crippen LogP contribution in [0.5, 0.6) is 0 Å². The fraction of sp³-hybridized carbons (Fsp3) is 0.444. The molecule has 1 aromatic carbocycles. The molecule has 4 heteroatoms. The zero-order valence-corrected chi connectivity index (χ0v) is 12.9. The Bertz CT molecular complexity index is 649. The van der Waals surface area contributed by atoms with Crippen LogP contribution in [-0.4, -0.2) is 29.6 Å². The Morgan fingerprint density at radius 1 is 0.818 bits per heavy atom. The van der Waals surface area contributed by atoms with Gasteiger partial charge in [-0.3, -0.25) is 0 Å². The van der Waals surface area contributed by atoms with Crippen molar-refractivity contribution in [3.05, 3.63) is 42.2 Å². The van der Waals surface area contributed by atoms with Crippen LogP contribution in [0, 0.1) is 0 Å². The molecular formula is C18H22N4. The Hall–Kier alpha value is -2.10. The van der Waals surface area contributed by atoms with E-state index in [-0.39, 0.29) is 0 Å². The van der Waals surface area contributed by atoms with Crippen LogP contribution in [0.1, 0.15) is 31.2 Å². The van der Waals surface area contributed by atoms with Crippen LogP contribution in [0.3, 0.4) is 0 Å². The number of fused-ring (bicyclic) bond motifs is 1. The van der Waals surface area contributed by atoms with Gasteiger partial charge >= 0.3 is 0 Å². The van der Waals surface area contributed by atoms with Crippen molar-refractivity contribution in [2.24, 2.45) is 0 Å². The monoisotopic (exact) mass is 294 g/mol. The second-order valence-corrected chi connectivity index (χ2v) is 6.17. The SMILES string of the molecule is c1ccc2c(c1)CCCN2c1cc(N2CCCCC2)ncn1. The number of aryl methyl sites for hydroxylation is 1. The van der Waals surface area contributed by atoms with Crippen molar-refractivity contribution in [2.45, 2.75) is 32.1 Å². The third kappa shape index (κ3) is 2.54. The number of piperidine rings is 1. The fourth-order valence-electron chi connectivity index (χ4n) is 3.55. The van der Waals surface area contributed by atoms with Gasteiger partial charge in [0, 0.05) is 31.4 Å². The summed E-state index contributed by atoms with van der Waals surface area (Å²) in [6.45, 7) is 3.27. The smallest absolute Gasteiger partial charge is 0.138 e. The Kier molecular flexibility index (Phi) is 3.67. The molecule has 1 fully saturated rings. The Balaban J connectivity index is 1.66. The molecule has 2 aliphatic heterocycles. The molecule has 0 saturated carbocycles. The van der Waals surface area contributed by atoms with E-state index in [1.54, 1.807) is 6.33 Å². The van der Waals surface area contributed by atoms with Crippen LogP contribution in [-0.2, 0) is 6.42 Å². The summed E-state index contributed by atoms with van der Waals surface area (Å²) in [7, 11) is 0. The third-order valence-corrected chi connectivity index (χ3v) is 4.71. The third-order valence-electron chi connectivity index (χ3n) is 4.71. The Morgan fingerprint density at radius 3 is 2.55 bits per heavy atom. The molecule has 3 heterocycles. The number of hydrogen-bond acceptors (Lipinski definition) is 4. The zero-order valence-electron chi connectivity index (χ0n) is 12.9. The van der Waals surface area contributed by atoms with Crippen LogP contribution >= 0.6 is 0 Å². The van der Waals surface area contributed by atoms with Crippen molar-refractivity contribution in [1.82, 2.24) is 9.97 Å². The average Bonchev–Trinajstić information content (AvgIpc) is 2.62. The first kappa shape index (κ1) is 13.6.